The van der Waals surface area contributed by atoms with Gasteiger partial charge in [-0.3, -0.25) is 9.69 Å². The largest absolute Gasteiger partial charge is 0.462 e. The number of hydrogen-bond donors (Lipinski definition) is 2. The Balaban J connectivity index is 1.84. The number of carbonyl (C=O) groups excluding carboxylic acids is 2. The molecule has 0 atom stereocenters. The number of fused-ring (bicyclic) bond motifs is 1. The molecule has 0 radical (unpaired) electrons. The highest BCUT2D eigenvalue weighted by molar-refractivity contribution is 7.19. The Morgan fingerprint density at radius 1 is 1.23 bits per heavy atom. The number of nitrogens with zero attached hydrogens (tertiary/aromatic N) is 2. The van der Waals surface area contributed by atoms with Gasteiger partial charge in [-0.25, -0.2) is 4.79 Å². The lowest BCUT2D eigenvalue weighted by Crippen LogP contribution is -2.36. The summed E-state index contributed by atoms with van der Waals surface area (Å²) in [7, 11) is 0. The molecule has 1 saturated heterocycles. The molecule has 8 heteroatoms. The highest BCUT2D eigenvalue weighted by atomic mass is 32.1. The molecule has 1 amide bonds. The summed E-state index contributed by atoms with van der Waals surface area (Å²) in [6, 6.07) is 0. The minimum Gasteiger partial charge on any atom is -0.462 e. The van der Waals surface area contributed by atoms with E-state index in [9.17, 15) is 14.8 Å². The van der Waals surface area contributed by atoms with Gasteiger partial charge in [0.05, 0.1) is 29.3 Å². The van der Waals surface area contributed by atoms with Crippen molar-refractivity contribution in [2.45, 2.75) is 45.4 Å². The third-order valence-corrected chi connectivity index (χ3v) is 5.98. The number of esters is 1. The van der Waals surface area contributed by atoms with E-state index < -0.39 is 5.97 Å². The Morgan fingerprint density at radius 3 is 2.69 bits per heavy atom. The fraction of sp³-hybridized carbons (Fsp3) is 0.611. The fourth-order valence-corrected chi connectivity index (χ4v) is 4.84. The molecule has 0 bridgehead atoms. The molecule has 2 heterocycles. The number of oxime groups is 1. The Bertz CT molecular complexity index is 708. The van der Waals surface area contributed by atoms with Crippen molar-refractivity contribution in [3.63, 3.8) is 0 Å². The molecule has 0 saturated carbocycles. The van der Waals surface area contributed by atoms with Crippen LogP contribution in [-0.4, -0.2) is 53.9 Å². The smallest absolute Gasteiger partial charge is 0.341 e. The van der Waals surface area contributed by atoms with Crippen LogP contribution in [0.3, 0.4) is 0 Å². The minimum absolute atomic E-state index is 0.126. The van der Waals surface area contributed by atoms with Gasteiger partial charge in [-0.2, -0.15) is 0 Å². The van der Waals surface area contributed by atoms with Crippen molar-refractivity contribution < 1.29 is 19.5 Å². The molecule has 7 nitrogen and oxygen atoms in total. The molecular weight excluding hydrogens is 354 g/mol. The molecule has 1 fully saturated rings. The van der Waals surface area contributed by atoms with Gasteiger partial charge in [-0.05, 0) is 57.7 Å². The highest BCUT2D eigenvalue weighted by Crippen LogP contribution is 2.39. The average molecular weight is 379 g/mol. The van der Waals surface area contributed by atoms with Gasteiger partial charge < -0.3 is 15.3 Å². The first-order chi connectivity index (χ1) is 12.6. The molecule has 0 unspecified atom stereocenters. The number of anilines is 1. The second-order valence-corrected chi connectivity index (χ2v) is 7.64. The second kappa shape index (κ2) is 8.64. The van der Waals surface area contributed by atoms with Crippen molar-refractivity contribution in [3.05, 3.63) is 16.0 Å². The third kappa shape index (κ3) is 4.07. The van der Waals surface area contributed by atoms with E-state index in [2.05, 4.69) is 15.4 Å². The van der Waals surface area contributed by atoms with Crippen LogP contribution in [0.2, 0.25) is 0 Å². The van der Waals surface area contributed by atoms with Crippen LogP contribution >= 0.6 is 11.3 Å². The van der Waals surface area contributed by atoms with Gasteiger partial charge in [0.1, 0.15) is 5.00 Å². The number of hydrogen-bond acceptors (Lipinski definition) is 7. The zero-order valence-corrected chi connectivity index (χ0v) is 15.9. The lowest BCUT2D eigenvalue weighted by atomic mass is 9.94. The molecule has 0 spiro atoms. The topological polar surface area (TPSA) is 91.2 Å². The predicted molar refractivity (Wildman–Crippen MR) is 100 cm³/mol. The number of rotatable bonds is 5. The molecule has 1 aromatic rings. The van der Waals surface area contributed by atoms with Crippen LogP contribution in [0.1, 0.15) is 59.8 Å². The van der Waals surface area contributed by atoms with Crippen molar-refractivity contribution in [2.24, 2.45) is 5.16 Å². The highest BCUT2D eigenvalue weighted by Gasteiger charge is 2.30. The Labute approximate surface area is 157 Å². The first kappa shape index (κ1) is 18.8. The van der Waals surface area contributed by atoms with Crippen molar-refractivity contribution >= 4 is 33.9 Å². The van der Waals surface area contributed by atoms with Crippen molar-refractivity contribution in [3.8, 4) is 0 Å². The molecule has 1 aliphatic carbocycles. The van der Waals surface area contributed by atoms with Gasteiger partial charge in [0.25, 0.3) is 0 Å². The standard InChI is InChI=1S/C18H25N3O4S/c1-2-25-18(23)15-12-7-6-8-13(20-24)16(12)26-17(15)19-14(22)11-21-9-4-3-5-10-21/h24H,2-11H2,1H3,(H,19,22)/b20-13-. The molecule has 26 heavy (non-hydrogen) atoms. The zero-order chi connectivity index (χ0) is 18.5. The van der Waals surface area contributed by atoms with Crippen molar-refractivity contribution in [2.75, 3.05) is 31.6 Å². The van der Waals surface area contributed by atoms with Crippen LogP contribution in [0.15, 0.2) is 5.16 Å². The third-order valence-electron chi connectivity index (χ3n) is 4.78. The van der Waals surface area contributed by atoms with Gasteiger partial charge in [0, 0.05) is 0 Å². The number of thiophene rings is 1. The minimum atomic E-state index is -0.433. The van der Waals surface area contributed by atoms with Crippen LogP contribution in [0.25, 0.3) is 0 Å². The van der Waals surface area contributed by atoms with Gasteiger partial charge >= 0.3 is 5.97 Å². The van der Waals surface area contributed by atoms with E-state index in [1.165, 1.54) is 17.8 Å². The molecule has 1 aromatic heterocycles. The van der Waals surface area contributed by atoms with Crippen LogP contribution in [-0.2, 0) is 16.0 Å². The number of carbonyl (C=O) groups is 2. The monoisotopic (exact) mass is 379 g/mol. The molecular formula is C18H25N3O4S. The van der Waals surface area contributed by atoms with E-state index >= 15 is 0 Å². The summed E-state index contributed by atoms with van der Waals surface area (Å²) in [6.45, 7) is 4.21. The maximum Gasteiger partial charge on any atom is 0.341 e. The maximum absolute atomic E-state index is 12.5. The summed E-state index contributed by atoms with van der Waals surface area (Å²) < 4.78 is 5.20. The van der Waals surface area contributed by atoms with E-state index in [1.54, 1.807) is 6.92 Å². The summed E-state index contributed by atoms with van der Waals surface area (Å²) in [5, 5.41) is 16.0. The molecule has 2 aliphatic rings. The van der Waals surface area contributed by atoms with Crippen LogP contribution in [0.4, 0.5) is 5.00 Å². The van der Waals surface area contributed by atoms with Gasteiger partial charge in [-0.1, -0.05) is 11.6 Å². The van der Waals surface area contributed by atoms with Gasteiger partial charge in [0.2, 0.25) is 5.91 Å². The maximum atomic E-state index is 12.5. The summed E-state index contributed by atoms with van der Waals surface area (Å²) in [4.78, 5) is 27.9. The van der Waals surface area contributed by atoms with E-state index in [0.717, 1.165) is 42.8 Å². The van der Waals surface area contributed by atoms with E-state index in [-0.39, 0.29) is 12.5 Å². The summed E-state index contributed by atoms with van der Waals surface area (Å²) in [5.41, 5.74) is 1.80. The zero-order valence-electron chi connectivity index (χ0n) is 15.0. The molecule has 142 valence electrons. The molecule has 1 aliphatic heterocycles. The predicted octanol–water partition coefficient (Wildman–Crippen LogP) is 2.86. The molecule has 0 aromatic carbocycles. The lowest BCUT2D eigenvalue weighted by Gasteiger charge is -2.25. The first-order valence-corrected chi connectivity index (χ1v) is 10.0. The second-order valence-electron chi connectivity index (χ2n) is 6.62. The van der Waals surface area contributed by atoms with Crippen LogP contribution in [0.5, 0.6) is 0 Å². The Hall–Kier alpha value is -1.93. The van der Waals surface area contributed by atoms with Crippen LogP contribution < -0.4 is 5.32 Å². The number of likely N-dealkylation sites (tertiary alicyclic amines) is 1. The van der Waals surface area contributed by atoms with Crippen molar-refractivity contribution in [1.29, 1.82) is 0 Å². The average Bonchev–Trinajstić information content (AvgIpc) is 3.00. The lowest BCUT2D eigenvalue weighted by molar-refractivity contribution is -0.117. The summed E-state index contributed by atoms with van der Waals surface area (Å²) in [6.07, 6.45) is 5.62. The summed E-state index contributed by atoms with van der Waals surface area (Å²) in [5.74, 6) is -0.559. The van der Waals surface area contributed by atoms with Crippen LogP contribution in [0, 0.1) is 0 Å². The number of ether oxygens (including phenoxy) is 1. The van der Waals surface area contributed by atoms with E-state index in [4.69, 9.17) is 4.74 Å². The Morgan fingerprint density at radius 2 is 2.00 bits per heavy atom. The molecule has 2 N–H and O–H groups in total. The number of piperidine rings is 1. The quantitative estimate of drug-likeness (QED) is 0.466. The van der Waals surface area contributed by atoms with Crippen molar-refractivity contribution in [1.82, 2.24) is 4.90 Å². The van der Waals surface area contributed by atoms with E-state index in [0.29, 0.717) is 35.7 Å². The van der Waals surface area contributed by atoms with Gasteiger partial charge in [0.15, 0.2) is 0 Å². The first-order valence-electron chi connectivity index (χ1n) is 9.20. The number of nitrogens with one attached hydrogen (secondary N) is 1. The number of amides is 1. The summed E-state index contributed by atoms with van der Waals surface area (Å²) >= 11 is 1.30. The fourth-order valence-electron chi connectivity index (χ4n) is 3.57. The SMILES string of the molecule is CCOC(=O)c1c(NC(=O)CN2CCCCC2)sc2c1CCC/C2=N/O. The Kier molecular flexibility index (Phi) is 6.26. The normalized spacial score (nSPS) is 19.2. The van der Waals surface area contributed by atoms with E-state index in [1.807, 2.05) is 0 Å². The van der Waals surface area contributed by atoms with Gasteiger partial charge in [-0.15, -0.1) is 11.3 Å². The molecule has 3 rings (SSSR count).